The molecule has 7 nitrogen and oxygen atoms in total. The molecule has 3 N–H and O–H groups in total. The Kier molecular flexibility index (Phi) is 7.29. The number of aliphatic carboxylic acids is 1. The molecule has 2 saturated heterocycles. The van der Waals surface area contributed by atoms with Crippen LogP contribution in [0.25, 0.3) is 0 Å². The van der Waals surface area contributed by atoms with E-state index in [1.54, 1.807) is 4.90 Å². The highest BCUT2D eigenvalue weighted by atomic mass is 79.9. The van der Waals surface area contributed by atoms with Crippen LogP contribution in [-0.4, -0.2) is 64.4 Å². The number of amides is 2. The number of halogens is 1. The maximum absolute atomic E-state index is 12.8. The summed E-state index contributed by atoms with van der Waals surface area (Å²) in [6.45, 7) is 1.92. The van der Waals surface area contributed by atoms with Crippen LogP contribution in [0.1, 0.15) is 37.7 Å². The van der Waals surface area contributed by atoms with E-state index in [4.69, 9.17) is 5.73 Å². The number of carboxylic acids is 1. The smallest absolute Gasteiger partial charge is 0.326 e. The van der Waals surface area contributed by atoms with E-state index in [0.29, 0.717) is 19.4 Å². The minimum atomic E-state index is -1.00. The Bertz CT molecular complexity index is 749. The molecule has 0 aromatic heterocycles. The van der Waals surface area contributed by atoms with Crippen molar-refractivity contribution < 1.29 is 19.5 Å². The summed E-state index contributed by atoms with van der Waals surface area (Å²) in [7, 11) is 0. The van der Waals surface area contributed by atoms with Crippen molar-refractivity contribution in [1.29, 1.82) is 0 Å². The van der Waals surface area contributed by atoms with Gasteiger partial charge in [-0.2, -0.15) is 0 Å². The van der Waals surface area contributed by atoms with Crippen molar-refractivity contribution >= 4 is 33.7 Å². The van der Waals surface area contributed by atoms with Crippen LogP contribution in [0.15, 0.2) is 28.7 Å². The number of carbonyl (C=O) groups is 3. The van der Waals surface area contributed by atoms with E-state index < -0.39 is 18.1 Å². The van der Waals surface area contributed by atoms with E-state index >= 15 is 0 Å². The normalized spacial score (nSPS) is 22.7. The summed E-state index contributed by atoms with van der Waals surface area (Å²) >= 11 is 3.41. The molecule has 158 valence electrons. The van der Waals surface area contributed by atoms with E-state index in [9.17, 15) is 19.5 Å². The largest absolute Gasteiger partial charge is 0.480 e. The molecule has 0 radical (unpaired) electrons. The second kappa shape index (κ2) is 9.71. The fraction of sp³-hybridized carbons (Fsp3) is 0.571. The molecule has 2 fully saturated rings. The number of hydrogen-bond donors (Lipinski definition) is 2. The van der Waals surface area contributed by atoms with Crippen LogP contribution in [0.5, 0.6) is 0 Å². The highest BCUT2D eigenvalue weighted by molar-refractivity contribution is 9.10. The Hall–Kier alpha value is -1.93. The molecule has 8 heteroatoms. The number of benzene rings is 1. The van der Waals surface area contributed by atoms with E-state index in [2.05, 4.69) is 15.9 Å². The molecule has 2 heterocycles. The lowest BCUT2D eigenvalue weighted by Crippen LogP contribution is -2.48. The first-order valence-corrected chi connectivity index (χ1v) is 11.0. The lowest BCUT2D eigenvalue weighted by atomic mass is 9.97. The van der Waals surface area contributed by atoms with Crippen LogP contribution >= 0.6 is 15.9 Å². The topological polar surface area (TPSA) is 104 Å². The molecular weight excluding hydrogens is 438 g/mol. The van der Waals surface area contributed by atoms with Gasteiger partial charge in [-0.05, 0) is 55.7 Å². The van der Waals surface area contributed by atoms with Crippen LogP contribution in [0, 0.1) is 5.92 Å². The van der Waals surface area contributed by atoms with Gasteiger partial charge in [-0.1, -0.05) is 28.1 Å². The average molecular weight is 466 g/mol. The summed E-state index contributed by atoms with van der Waals surface area (Å²) in [5.74, 6) is -1.28. The molecule has 2 unspecified atom stereocenters. The van der Waals surface area contributed by atoms with Gasteiger partial charge >= 0.3 is 5.97 Å². The van der Waals surface area contributed by atoms with Gasteiger partial charge in [0.15, 0.2) is 0 Å². The number of nitrogens with zero attached hydrogens (tertiary/aromatic N) is 2. The molecule has 1 aromatic rings. The zero-order valence-electron chi connectivity index (χ0n) is 16.4. The molecule has 0 saturated carbocycles. The molecule has 29 heavy (non-hydrogen) atoms. The molecule has 0 aliphatic carbocycles. The fourth-order valence-corrected chi connectivity index (χ4v) is 4.51. The number of hydrogen-bond acceptors (Lipinski definition) is 4. The molecule has 3 atom stereocenters. The molecule has 2 aliphatic heterocycles. The maximum atomic E-state index is 12.8. The summed E-state index contributed by atoms with van der Waals surface area (Å²) in [6.07, 6.45) is 3.63. The van der Waals surface area contributed by atoms with Gasteiger partial charge in [0.1, 0.15) is 6.04 Å². The Morgan fingerprint density at radius 3 is 2.45 bits per heavy atom. The van der Waals surface area contributed by atoms with Crippen LogP contribution in [-0.2, 0) is 20.8 Å². The number of carbonyl (C=O) groups excluding carboxylic acids is 2. The van der Waals surface area contributed by atoms with E-state index in [1.807, 2.05) is 24.3 Å². The van der Waals surface area contributed by atoms with Gasteiger partial charge in [-0.25, -0.2) is 4.79 Å². The first kappa shape index (κ1) is 21.8. The molecule has 2 aliphatic rings. The number of carboxylic acid groups (broad SMARTS) is 1. The predicted molar refractivity (Wildman–Crippen MR) is 112 cm³/mol. The summed E-state index contributed by atoms with van der Waals surface area (Å²) in [6, 6.07) is 6.20. The van der Waals surface area contributed by atoms with Gasteiger partial charge in [0.2, 0.25) is 11.8 Å². The van der Waals surface area contributed by atoms with Crippen molar-refractivity contribution in [2.45, 2.75) is 50.6 Å². The molecule has 0 spiro atoms. The first-order chi connectivity index (χ1) is 13.8. The zero-order valence-corrected chi connectivity index (χ0v) is 18.0. The van der Waals surface area contributed by atoms with Crippen LogP contribution in [0.3, 0.4) is 0 Å². The third kappa shape index (κ3) is 5.57. The van der Waals surface area contributed by atoms with Gasteiger partial charge in [0, 0.05) is 30.5 Å². The van der Waals surface area contributed by atoms with E-state index in [-0.39, 0.29) is 30.6 Å². The molecule has 1 aromatic carbocycles. The third-order valence-electron chi connectivity index (χ3n) is 5.84. The second-order valence-electron chi connectivity index (χ2n) is 8.01. The highest BCUT2D eigenvalue weighted by Gasteiger charge is 2.41. The minimum Gasteiger partial charge on any atom is -0.480 e. The average Bonchev–Trinajstić information content (AvgIpc) is 3.37. The first-order valence-electron chi connectivity index (χ1n) is 10.2. The van der Waals surface area contributed by atoms with Crippen molar-refractivity contribution in [3.63, 3.8) is 0 Å². The van der Waals surface area contributed by atoms with E-state index in [0.717, 1.165) is 36.0 Å². The predicted octanol–water partition coefficient (Wildman–Crippen LogP) is 2.02. The van der Waals surface area contributed by atoms with Gasteiger partial charge in [-0.3, -0.25) is 9.59 Å². The van der Waals surface area contributed by atoms with Crippen LogP contribution in [0.2, 0.25) is 0 Å². The summed E-state index contributed by atoms with van der Waals surface area (Å²) in [5, 5.41) is 9.59. The Morgan fingerprint density at radius 1 is 1.17 bits per heavy atom. The van der Waals surface area contributed by atoms with Crippen molar-refractivity contribution in [2.24, 2.45) is 11.7 Å². The van der Waals surface area contributed by atoms with Crippen LogP contribution < -0.4 is 5.73 Å². The molecular formula is C21H28BrN3O4. The standard InChI is InChI=1S/C21H28BrN3O4/c22-16-5-3-14(4-6-16)11-15-12-18(21(28)29)25(13-15)20(27)17(23)7-8-19(26)24-9-1-2-10-24/h3-6,15,17-18H,1-2,7-13,23H2,(H,28,29)/t15?,17-,18?/m1/s1. The van der Waals surface area contributed by atoms with Gasteiger partial charge in [0.25, 0.3) is 0 Å². The fourth-order valence-electron chi connectivity index (χ4n) is 4.24. The van der Waals surface area contributed by atoms with Gasteiger partial charge in [-0.15, -0.1) is 0 Å². The summed E-state index contributed by atoms with van der Waals surface area (Å²) in [5.41, 5.74) is 7.17. The van der Waals surface area contributed by atoms with Crippen molar-refractivity contribution in [3.05, 3.63) is 34.3 Å². The Morgan fingerprint density at radius 2 is 1.83 bits per heavy atom. The maximum Gasteiger partial charge on any atom is 0.326 e. The molecule has 2 amide bonds. The van der Waals surface area contributed by atoms with E-state index in [1.165, 1.54) is 4.90 Å². The van der Waals surface area contributed by atoms with Gasteiger partial charge in [0.05, 0.1) is 6.04 Å². The lowest BCUT2D eigenvalue weighted by molar-refractivity contribution is -0.148. The minimum absolute atomic E-state index is 0.0232. The quantitative estimate of drug-likeness (QED) is 0.640. The number of likely N-dealkylation sites (tertiary alicyclic amines) is 2. The van der Waals surface area contributed by atoms with Crippen molar-refractivity contribution in [2.75, 3.05) is 19.6 Å². The Labute approximate surface area is 179 Å². The second-order valence-corrected chi connectivity index (χ2v) is 8.93. The summed E-state index contributed by atoms with van der Waals surface area (Å²) < 4.78 is 0.988. The van der Waals surface area contributed by atoms with Crippen molar-refractivity contribution in [1.82, 2.24) is 9.80 Å². The molecule has 3 rings (SSSR count). The highest BCUT2D eigenvalue weighted by Crippen LogP contribution is 2.28. The Balaban J connectivity index is 1.57. The SMILES string of the molecule is N[C@H](CCC(=O)N1CCCC1)C(=O)N1CC(Cc2ccc(Br)cc2)CC1C(=O)O. The zero-order chi connectivity index (χ0) is 21.0. The monoisotopic (exact) mass is 465 g/mol. The van der Waals surface area contributed by atoms with Gasteiger partial charge < -0.3 is 20.6 Å². The van der Waals surface area contributed by atoms with Crippen LogP contribution in [0.4, 0.5) is 0 Å². The lowest BCUT2D eigenvalue weighted by Gasteiger charge is -2.25. The third-order valence-corrected chi connectivity index (χ3v) is 6.37. The number of rotatable bonds is 7. The van der Waals surface area contributed by atoms with Crippen molar-refractivity contribution in [3.8, 4) is 0 Å². The molecule has 0 bridgehead atoms. The summed E-state index contributed by atoms with van der Waals surface area (Å²) in [4.78, 5) is 40.0. The number of nitrogens with two attached hydrogens (primary N) is 1.